The van der Waals surface area contributed by atoms with Crippen LogP contribution in [0.3, 0.4) is 0 Å². The summed E-state index contributed by atoms with van der Waals surface area (Å²) in [5.41, 5.74) is 0. The van der Waals surface area contributed by atoms with Crippen molar-refractivity contribution in [3.63, 3.8) is 0 Å². The van der Waals surface area contributed by atoms with Gasteiger partial charge in [0, 0.05) is 19.1 Å². The highest BCUT2D eigenvalue weighted by Gasteiger charge is 2.20. The Morgan fingerprint density at radius 2 is 2.13 bits per heavy atom. The molecule has 1 unspecified atom stereocenters. The minimum atomic E-state index is 0.658. The van der Waals surface area contributed by atoms with E-state index in [1.165, 1.54) is 6.42 Å². The van der Waals surface area contributed by atoms with Crippen LogP contribution in [0.15, 0.2) is 6.33 Å². The van der Waals surface area contributed by atoms with Gasteiger partial charge in [-0.05, 0) is 13.3 Å². The number of fused-ring (bicyclic) bond motifs is 1. The van der Waals surface area contributed by atoms with Crippen LogP contribution in [0.25, 0.3) is 0 Å². The number of aromatic nitrogens is 3. The van der Waals surface area contributed by atoms with Crippen molar-refractivity contribution in [1.82, 2.24) is 19.7 Å². The Bertz CT molecular complexity index is 282. The lowest BCUT2D eigenvalue weighted by molar-refractivity contribution is 0.159. The molecule has 0 N–H and O–H groups in total. The summed E-state index contributed by atoms with van der Waals surface area (Å²) < 4.78 is 2.14. The van der Waals surface area contributed by atoms with E-state index >= 15 is 0 Å². The van der Waals surface area contributed by atoms with E-state index < -0.39 is 0 Å². The molecular formula is C11H22N4. The van der Waals surface area contributed by atoms with Crippen molar-refractivity contribution < 1.29 is 0 Å². The Hall–Kier alpha value is -0.900. The number of rotatable bonds is 2. The average molecular weight is 210 g/mol. The smallest absolute Gasteiger partial charge is 0.147 e. The molecular weight excluding hydrogens is 188 g/mol. The third kappa shape index (κ3) is 2.78. The molecule has 2 rings (SSSR count). The van der Waals surface area contributed by atoms with Crippen molar-refractivity contribution in [1.29, 1.82) is 0 Å². The SMILES string of the molecule is CC.CCC(C)N1CCn2cnnc2C1. The molecule has 1 aliphatic rings. The highest BCUT2D eigenvalue weighted by Crippen LogP contribution is 2.13. The van der Waals surface area contributed by atoms with Crippen molar-refractivity contribution in [2.75, 3.05) is 6.54 Å². The molecule has 1 atom stereocenters. The first-order valence-corrected chi connectivity index (χ1v) is 5.92. The molecule has 0 saturated heterocycles. The van der Waals surface area contributed by atoms with Gasteiger partial charge in [-0.3, -0.25) is 4.90 Å². The maximum absolute atomic E-state index is 4.09. The summed E-state index contributed by atoms with van der Waals surface area (Å²) in [6.45, 7) is 11.6. The van der Waals surface area contributed by atoms with E-state index in [1.807, 2.05) is 20.2 Å². The van der Waals surface area contributed by atoms with Gasteiger partial charge in [-0.2, -0.15) is 0 Å². The van der Waals surface area contributed by atoms with Crippen molar-refractivity contribution in [2.45, 2.75) is 53.2 Å². The molecule has 0 aliphatic carbocycles. The largest absolute Gasteiger partial charge is 0.315 e. The fourth-order valence-electron chi connectivity index (χ4n) is 1.72. The van der Waals surface area contributed by atoms with Gasteiger partial charge >= 0.3 is 0 Å². The highest BCUT2D eigenvalue weighted by molar-refractivity contribution is 4.90. The molecule has 0 amide bonds. The monoisotopic (exact) mass is 210 g/mol. The molecule has 0 fully saturated rings. The van der Waals surface area contributed by atoms with Gasteiger partial charge in [-0.15, -0.1) is 10.2 Å². The maximum atomic E-state index is 4.09. The van der Waals surface area contributed by atoms with E-state index in [2.05, 4.69) is 33.5 Å². The van der Waals surface area contributed by atoms with Crippen molar-refractivity contribution in [3.8, 4) is 0 Å². The first-order chi connectivity index (χ1) is 7.31. The van der Waals surface area contributed by atoms with Gasteiger partial charge in [0.25, 0.3) is 0 Å². The van der Waals surface area contributed by atoms with Gasteiger partial charge in [-0.25, -0.2) is 0 Å². The van der Waals surface area contributed by atoms with Gasteiger partial charge < -0.3 is 4.57 Å². The van der Waals surface area contributed by atoms with Crippen LogP contribution in [-0.2, 0) is 13.1 Å². The van der Waals surface area contributed by atoms with Gasteiger partial charge in [0.05, 0.1) is 6.54 Å². The quantitative estimate of drug-likeness (QED) is 0.748. The van der Waals surface area contributed by atoms with Gasteiger partial charge in [0.1, 0.15) is 12.2 Å². The fourth-order valence-corrected chi connectivity index (χ4v) is 1.72. The lowest BCUT2D eigenvalue weighted by Gasteiger charge is -2.31. The van der Waals surface area contributed by atoms with E-state index in [4.69, 9.17) is 0 Å². The minimum Gasteiger partial charge on any atom is -0.315 e. The lowest BCUT2D eigenvalue weighted by atomic mass is 10.2. The standard InChI is InChI=1S/C9H16N4.C2H6/c1-3-8(2)12-4-5-13-7-10-11-9(13)6-12;1-2/h7-8H,3-6H2,1-2H3;1-2H3. The van der Waals surface area contributed by atoms with Gasteiger partial charge in [0.2, 0.25) is 0 Å². The normalized spacial score (nSPS) is 17.6. The Labute approximate surface area is 92.3 Å². The molecule has 15 heavy (non-hydrogen) atoms. The summed E-state index contributed by atoms with van der Waals surface area (Å²) >= 11 is 0. The second kappa shape index (κ2) is 5.85. The molecule has 2 heterocycles. The molecule has 0 spiro atoms. The molecule has 0 radical (unpaired) electrons. The molecule has 4 heteroatoms. The second-order valence-electron chi connectivity index (χ2n) is 3.67. The molecule has 0 bridgehead atoms. The maximum Gasteiger partial charge on any atom is 0.147 e. The molecule has 1 aliphatic heterocycles. The summed E-state index contributed by atoms with van der Waals surface area (Å²) in [4.78, 5) is 2.46. The lowest BCUT2D eigenvalue weighted by Crippen LogP contribution is -2.39. The topological polar surface area (TPSA) is 34.0 Å². The first kappa shape index (κ1) is 12.2. The number of hydrogen-bond donors (Lipinski definition) is 0. The average Bonchev–Trinajstić information content (AvgIpc) is 2.77. The van der Waals surface area contributed by atoms with E-state index in [0.717, 1.165) is 25.5 Å². The third-order valence-electron chi connectivity index (χ3n) is 2.88. The predicted octanol–water partition coefficient (Wildman–Crippen LogP) is 1.92. The van der Waals surface area contributed by atoms with Crippen LogP contribution in [-0.4, -0.2) is 32.3 Å². The Morgan fingerprint density at radius 1 is 1.40 bits per heavy atom. The van der Waals surface area contributed by atoms with Gasteiger partial charge in [0.15, 0.2) is 0 Å². The number of hydrogen-bond acceptors (Lipinski definition) is 3. The Balaban J connectivity index is 0.000000531. The molecule has 86 valence electrons. The molecule has 1 aromatic rings. The zero-order chi connectivity index (χ0) is 11.3. The highest BCUT2D eigenvalue weighted by atomic mass is 15.3. The summed E-state index contributed by atoms with van der Waals surface area (Å²) in [7, 11) is 0. The number of nitrogens with zero attached hydrogens (tertiary/aromatic N) is 4. The summed E-state index contributed by atoms with van der Waals surface area (Å²) in [6, 6.07) is 0.658. The van der Waals surface area contributed by atoms with Crippen LogP contribution in [0.1, 0.15) is 39.9 Å². The van der Waals surface area contributed by atoms with Crippen molar-refractivity contribution in [3.05, 3.63) is 12.2 Å². The molecule has 4 nitrogen and oxygen atoms in total. The van der Waals surface area contributed by atoms with Crippen LogP contribution in [0.5, 0.6) is 0 Å². The first-order valence-electron chi connectivity index (χ1n) is 5.92. The van der Waals surface area contributed by atoms with Crippen LogP contribution >= 0.6 is 0 Å². The van der Waals surface area contributed by atoms with E-state index in [0.29, 0.717) is 6.04 Å². The van der Waals surface area contributed by atoms with Gasteiger partial charge in [-0.1, -0.05) is 20.8 Å². The summed E-state index contributed by atoms with van der Waals surface area (Å²) in [5.74, 6) is 1.10. The summed E-state index contributed by atoms with van der Waals surface area (Å²) in [5, 5.41) is 8.00. The van der Waals surface area contributed by atoms with Crippen LogP contribution < -0.4 is 0 Å². The molecule has 0 aromatic carbocycles. The van der Waals surface area contributed by atoms with E-state index in [-0.39, 0.29) is 0 Å². The minimum absolute atomic E-state index is 0.658. The third-order valence-corrected chi connectivity index (χ3v) is 2.88. The van der Waals surface area contributed by atoms with Crippen molar-refractivity contribution in [2.24, 2.45) is 0 Å². The van der Waals surface area contributed by atoms with E-state index in [9.17, 15) is 0 Å². The molecule has 0 saturated carbocycles. The Morgan fingerprint density at radius 3 is 2.80 bits per heavy atom. The van der Waals surface area contributed by atoms with Crippen LogP contribution in [0.2, 0.25) is 0 Å². The Kier molecular flexibility index (Phi) is 4.75. The van der Waals surface area contributed by atoms with Crippen LogP contribution in [0, 0.1) is 0 Å². The fraction of sp³-hybridized carbons (Fsp3) is 0.818. The summed E-state index contributed by atoms with van der Waals surface area (Å²) in [6.07, 6.45) is 3.03. The van der Waals surface area contributed by atoms with E-state index in [1.54, 1.807) is 0 Å². The zero-order valence-corrected chi connectivity index (χ0v) is 10.3. The zero-order valence-electron chi connectivity index (χ0n) is 10.3. The van der Waals surface area contributed by atoms with Crippen LogP contribution in [0.4, 0.5) is 0 Å². The second-order valence-corrected chi connectivity index (χ2v) is 3.67. The van der Waals surface area contributed by atoms with Crippen molar-refractivity contribution >= 4 is 0 Å². The predicted molar refractivity (Wildman–Crippen MR) is 61.5 cm³/mol. The molecule has 1 aromatic heterocycles.